The molecule has 27 heavy (non-hydrogen) atoms. The number of benzene rings is 1. The summed E-state index contributed by atoms with van der Waals surface area (Å²) in [6.45, 7) is 0.654. The van der Waals surface area contributed by atoms with Crippen LogP contribution in [0.25, 0.3) is 0 Å². The number of carbonyl (C=O) groups is 1. The standard InChI is InChI=1S/C20H28N4O2S/c1-26-17-11-9-15(10-12-17)14-19(25)21-13-5-8-18-22-23-20(27-2)24(18)16-6-3-4-7-16/h9-12,16H,3-8,13-14H2,1-2H3,(H,21,25). The molecule has 1 saturated carbocycles. The zero-order valence-electron chi connectivity index (χ0n) is 16.1. The Bertz CT molecular complexity index is 739. The zero-order chi connectivity index (χ0) is 19.1. The van der Waals surface area contributed by atoms with Crippen LogP contribution in [0.2, 0.25) is 0 Å². The van der Waals surface area contributed by atoms with Gasteiger partial charge in [-0.3, -0.25) is 4.79 Å². The molecular weight excluding hydrogens is 360 g/mol. The van der Waals surface area contributed by atoms with Gasteiger partial charge in [0.15, 0.2) is 5.16 Å². The van der Waals surface area contributed by atoms with Crippen molar-refractivity contribution in [3.05, 3.63) is 35.7 Å². The van der Waals surface area contributed by atoms with Gasteiger partial charge in [-0.15, -0.1) is 10.2 Å². The van der Waals surface area contributed by atoms with Gasteiger partial charge in [0.2, 0.25) is 5.91 Å². The highest BCUT2D eigenvalue weighted by Crippen LogP contribution is 2.33. The third-order valence-corrected chi connectivity index (χ3v) is 5.67. The Balaban J connectivity index is 1.45. The van der Waals surface area contributed by atoms with Crippen LogP contribution in [0.1, 0.15) is 49.5 Å². The molecule has 2 aromatic rings. The number of rotatable bonds is 9. The molecule has 146 valence electrons. The lowest BCUT2D eigenvalue weighted by molar-refractivity contribution is -0.120. The topological polar surface area (TPSA) is 69.0 Å². The molecule has 0 radical (unpaired) electrons. The molecule has 1 aromatic carbocycles. The minimum Gasteiger partial charge on any atom is -0.497 e. The van der Waals surface area contributed by atoms with Crippen LogP contribution in [0.3, 0.4) is 0 Å². The van der Waals surface area contributed by atoms with Gasteiger partial charge in [-0.1, -0.05) is 36.7 Å². The first-order valence-corrected chi connectivity index (χ1v) is 10.8. The number of nitrogens with one attached hydrogen (secondary N) is 1. The summed E-state index contributed by atoms with van der Waals surface area (Å²) < 4.78 is 7.47. The fourth-order valence-corrected chi connectivity index (χ4v) is 4.19. The third-order valence-electron chi connectivity index (χ3n) is 5.03. The second-order valence-electron chi connectivity index (χ2n) is 6.89. The average molecular weight is 389 g/mol. The fourth-order valence-electron chi connectivity index (χ4n) is 3.61. The number of thioether (sulfide) groups is 1. The Hall–Kier alpha value is -2.02. The Kier molecular flexibility index (Phi) is 7.15. The molecule has 1 heterocycles. The summed E-state index contributed by atoms with van der Waals surface area (Å²) in [5.41, 5.74) is 0.985. The summed E-state index contributed by atoms with van der Waals surface area (Å²) in [6, 6.07) is 8.14. The normalized spacial score (nSPS) is 14.4. The molecule has 1 aromatic heterocycles. The molecule has 0 aliphatic heterocycles. The molecule has 0 atom stereocenters. The quantitative estimate of drug-likeness (QED) is 0.527. The van der Waals surface area contributed by atoms with Crippen molar-refractivity contribution in [3.8, 4) is 5.75 Å². The van der Waals surface area contributed by atoms with Crippen LogP contribution in [0, 0.1) is 0 Å². The van der Waals surface area contributed by atoms with Crippen LogP contribution < -0.4 is 10.1 Å². The van der Waals surface area contributed by atoms with E-state index in [1.165, 1.54) is 25.7 Å². The highest BCUT2D eigenvalue weighted by atomic mass is 32.2. The number of methoxy groups -OCH3 is 1. The van der Waals surface area contributed by atoms with Gasteiger partial charge in [0.05, 0.1) is 13.5 Å². The van der Waals surface area contributed by atoms with E-state index in [4.69, 9.17) is 4.74 Å². The molecule has 1 N–H and O–H groups in total. The van der Waals surface area contributed by atoms with Crippen LogP contribution in [0.5, 0.6) is 5.75 Å². The minimum absolute atomic E-state index is 0.0437. The van der Waals surface area contributed by atoms with Gasteiger partial charge in [-0.25, -0.2) is 0 Å². The van der Waals surface area contributed by atoms with E-state index in [1.54, 1.807) is 18.9 Å². The van der Waals surface area contributed by atoms with Gasteiger partial charge < -0.3 is 14.6 Å². The maximum atomic E-state index is 12.1. The Morgan fingerprint density at radius 2 is 2.00 bits per heavy atom. The predicted molar refractivity (Wildman–Crippen MR) is 107 cm³/mol. The van der Waals surface area contributed by atoms with E-state index in [0.29, 0.717) is 19.0 Å². The minimum atomic E-state index is 0.0437. The van der Waals surface area contributed by atoms with E-state index in [2.05, 4.69) is 26.3 Å². The summed E-state index contributed by atoms with van der Waals surface area (Å²) in [4.78, 5) is 12.1. The van der Waals surface area contributed by atoms with Crippen molar-refractivity contribution in [1.29, 1.82) is 0 Å². The average Bonchev–Trinajstić information content (AvgIpc) is 3.35. The Morgan fingerprint density at radius 1 is 1.26 bits per heavy atom. The summed E-state index contributed by atoms with van der Waals surface area (Å²) in [5, 5.41) is 12.8. The van der Waals surface area contributed by atoms with Gasteiger partial charge >= 0.3 is 0 Å². The Labute approximate surface area is 165 Å². The van der Waals surface area contributed by atoms with E-state index < -0.39 is 0 Å². The first kappa shape index (κ1) is 19.7. The van der Waals surface area contributed by atoms with Gasteiger partial charge in [-0.05, 0) is 43.2 Å². The second kappa shape index (κ2) is 9.78. The summed E-state index contributed by atoms with van der Waals surface area (Å²) in [6.07, 6.45) is 9.17. The van der Waals surface area contributed by atoms with Crippen molar-refractivity contribution in [1.82, 2.24) is 20.1 Å². The van der Waals surface area contributed by atoms with Crippen molar-refractivity contribution in [2.75, 3.05) is 19.9 Å². The molecular formula is C20H28N4O2S. The molecule has 0 spiro atoms. The van der Waals surface area contributed by atoms with Gasteiger partial charge in [0.25, 0.3) is 0 Å². The van der Waals surface area contributed by atoms with Crippen molar-refractivity contribution < 1.29 is 9.53 Å². The van der Waals surface area contributed by atoms with Crippen molar-refractivity contribution in [2.45, 2.75) is 56.1 Å². The van der Waals surface area contributed by atoms with E-state index in [1.807, 2.05) is 24.3 Å². The zero-order valence-corrected chi connectivity index (χ0v) is 16.9. The largest absolute Gasteiger partial charge is 0.497 e. The molecule has 1 amide bonds. The molecule has 6 nitrogen and oxygen atoms in total. The first-order valence-electron chi connectivity index (χ1n) is 9.58. The number of ether oxygens (including phenoxy) is 1. The summed E-state index contributed by atoms with van der Waals surface area (Å²) in [7, 11) is 1.64. The molecule has 7 heteroatoms. The molecule has 1 aliphatic carbocycles. The number of amides is 1. The number of aromatic nitrogens is 3. The van der Waals surface area contributed by atoms with Crippen molar-refractivity contribution >= 4 is 17.7 Å². The van der Waals surface area contributed by atoms with Crippen LogP contribution in [0.4, 0.5) is 0 Å². The monoisotopic (exact) mass is 388 g/mol. The van der Waals surface area contributed by atoms with E-state index in [-0.39, 0.29) is 5.91 Å². The van der Waals surface area contributed by atoms with Gasteiger partial charge in [-0.2, -0.15) is 0 Å². The molecule has 1 aliphatic rings. The third kappa shape index (κ3) is 5.25. The fraction of sp³-hybridized carbons (Fsp3) is 0.550. The predicted octanol–water partition coefficient (Wildman–Crippen LogP) is 3.42. The van der Waals surface area contributed by atoms with E-state index in [9.17, 15) is 4.79 Å². The number of aryl methyl sites for hydroxylation is 1. The molecule has 0 bridgehead atoms. The van der Waals surface area contributed by atoms with Gasteiger partial charge in [0, 0.05) is 19.0 Å². The molecule has 3 rings (SSSR count). The number of nitrogens with zero attached hydrogens (tertiary/aromatic N) is 3. The van der Waals surface area contributed by atoms with E-state index >= 15 is 0 Å². The number of carbonyl (C=O) groups excluding carboxylic acids is 1. The lowest BCUT2D eigenvalue weighted by Gasteiger charge is -2.16. The van der Waals surface area contributed by atoms with Crippen LogP contribution in [-0.4, -0.2) is 40.6 Å². The summed E-state index contributed by atoms with van der Waals surface area (Å²) >= 11 is 1.66. The second-order valence-corrected chi connectivity index (χ2v) is 7.66. The SMILES string of the molecule is COc1ccc(CC(=O)NCCCc2nnc(SC)n2C2CCCC2)cc1. The molecule has 1 fully saturated rings. The smallest absolute Gasteiger partial charge is 0.224 e. The maximum absolute atomic E-state index is 12.1. The van der Waals surface area contributed by atoms with E-state index in [0.717, 1.165) is 35.1 Å². The van der Waals surface area contributed by atoms with Gasteiger partial charge in [0.1, 0.15) is 11.6 Å². The lowest BCUT2D eigenvalue weighted by atomic mass is 10.1. The number of hydrogen-bond donors (Lipinski definition) is 1. The number of hydrogen-bond acceptors (Lipinski definition) is 5. The molecule has 0 unspecified atom stereocenters. The first-order chi connectivity index (χ1) is 13.2. The van der Waals surface area contributed by atoms with Crippen molar-refractivity contribution in [2.24, 2.45) is 0 Å². The Morgan fingerprint density at radius 3 is 2.67 bits per heavy atom. The van der Waals surface area contributed by atoms with Crippen LogP contribution >= 0.6 is 11.8 Å². The highest BCUT2D eigenvalue weighted by molar-refractivity contribution is 7.98. The lowest BCUT2D eigenvalue weighted by Crippen LogP contribution is -2.26. The maximum Gasteiger partial charge on any atom is 0.224 e. The molecule has 0 saturated heterocycles. The van der Waals surface area contributed by atoms with Crippen molar-refractivity contribution in [3.63, 3.8) is 0 Å². The highest BCUT2D eigenvalue weighted by Gasteiger charge is 2.23. The summed E-state index contributed by atoms with van der Waals surface area (Å²) in [5.74, 6) is 1.90. The van der Waals surface area contributed by atoms with Crippen LogP contribution in [-0.2, 0) is 17.6 Å². The van der Waals surface area contributed by atoms with Crippen LogP contribution in [0.15, 0.2) is 29.4 Å².